The first-order valence-electron chi connectivity index (χ1n) is 5.74. The van der Waals surface area contributed by atoms with Gasteiger partial charge in [0.25, 0.3) is 0 Å². The molecular weight excluding hydrogens is 234 g/mol. The van der Waals surface area contributed by atoms with Crippen molar-refractivity contribution in [3.8, 4) is 0 Å². The van der Waals surface area contributed by atoms with E-state index in [0.717, 1.165) is 11.4 Å². The van der Waals surface area contributed by atoms with Crippen molar-refractivity contribution in [3.63, 3.8) is 0 Å². The number of hydrogen-bond donors (Lipinski definition) is 1. The third-order valence-corrected chi connectivity index (χ3v) is 4.25. The predicted molar refractivity (Wildman–Crippen MR) is 71.7 cm³/mol. The number of aromatic carboxylic acids is 1. The zero-order chi connectivity index (χ0) is 13.2. The predicted octanol–water partition coefficient (Wildman–Crippen LogP) is 3.31. The van der Waals surface area contributed by atoms with E-state index < -0.39 is 5.97 Å². The second-order valence-electron chi connectivity index (χ2n) is 5.53. The van der Waals surface area contributed by atoms with Crippen molar-refractivity contribution in [3.05, 3.63) is 21.9 Å². The number of carbonyl (C=O) groups is 1. The first kappa shape index (κ1) is 14.2. The number of hydrogen-bond acceptors (Lipinski definition) is 3. The highest BCUT2D eigenvalue weighted by molar-refractivity contribution is 7.13. The SMILES string of the molecule is CC(N(C)Cc1ccc(C(=O)O)s1)C(C)(C)C. The van der Waals surface area contributed by atoms with Gasteiger partial charge in [-0.3, -0.25) is 4.90 Å². The van der Waals surface area contributed by atoms with Crippen molar-refractivity contribution in [1.29, 1.82) is 0 Å². The van der Waals surface area contributed by atoms with E-state index in [1.54, 1.807) is 6.07 Å². The minimum Gasteiger partial charge on any atom is -0.477 e. The van der Waals surface area contributed by atoms with Gasteiger partial charge in [-0.25, -0.2) is 4.79 Å². The molecule has 17 heavy (non-hydrogen) atoms. The van der Waals surface area contributed by atoms with E-state index in [-0.39, 0.29) is 5.41 Å². The molecule has 96 valence electrons. The zero-order valence-electron chi connectivity index (χ0n) is 11.2. The first-order valence-corrected chi connectivity index (χ1v) is 6.55. The second kappa shape index (κ2) is 5.19. The van der Waals surface area contributed by atoms with Gasteiger partial charge in [0.1, 0.15) is 4.88 Å². The van der Waals surface area contributed by atoms with Crippen molar-refractivity contribution < 1.29 is 9.90 Å². The monoisotopic (exact) mass is 255 g/mol. The van der Waals surface area contributed by atoms with Crippen LogP contribution in [0.25, 0.3) is 0 Å². The summed E-state index contributed by atoms with van der Waals surface area (Å²) in [6, 6.07) is 4.02. The Morgan fingerprint density at radius 2 is 2.06 bits per heavy atom. The summed E-state index contributed by atoms with van der Waals surface area (Å²) in [5, 5.41) is 8.87. The van der Waals surface area contributed by atoms with Gasteiger partial charge in [0.15, 0.2) is 0 Å². The Morgan fingerprint density at radius 3 is 2.47 bits per heavy atom. The van der Waals surface area contributed by atoms with Gasteiger partial charge in [0, 0.05) is 17.5 Å². The van der Waals surface area contributed by atoms with E-state index in [1.807, 2.05) is 6.07 Å². The van der Waals surface area contributed by atoms with Crippen LogP contribution in [0.3, 0.4) is 0 Å². The Labute approximate surface area is 107 Å². The van der Waals surface area contributed by atoms with Gasteiger partial charge in [-0.2, -0.15) is 0 Å². The van der Waals surface area contributed by atoms with E-state index >= 15 is 0 Å². The van der Waals surface area contributed by atoms with Gasteiger partial charge < -0.3 is 5.11 Å². The quantitative estimate of drug-likeness (QED) is 0.897. The fraction of sp³-hybridized carbons (Fsp3) is 0.615. The molecule has 1 aromatic rings. The molecule has 0 aromatic carbocycles. The molecule has 0 fully saturated rings. The maximum Gasteiger partial charge on any atom is 0.345 e. The average Bonchev–Trinajstić information content (AvgIpc) is 2.63. The molecule has 0 spiro atoms. The Balaban J connectivity index is 2.68. The van der Waals surface area contributed by atoms with Crippen LogP contribution in [0.4, 0.5) is 0 Å². The van der Waals surface area contributed by atoms with E-state index in [4.69, 9.17) is 5.11 Å². The van der Waals surface area contributed by atoms with E-state index in [2.05, 4.69) is 39.6 Å². The van der Waals surface area contributed by atoms with Gasteiger partial charge in [0.2, 0.25) is 0 Å². The molecular formula is C13H21NO2S. The molecule has 0 aliphatic heterocycles. The molecule has 0 aliphatic carbocycles. The lowest BCUT2D eigenvalue weighted by Crippen LogP contribution is -2.38. The summed E-state index contributed by atoms with van der Waals surface area (Å²) < 4.78 is 0. The Morgan fingerprint density at radius 1 is 1.47 bits per heavy atom. The standard InChI is InChI=1S/C13H21NO2S/c1-9(13(2,3)4)14(5)8-10-6-7-11(17-10)12(15)16/h6-7,9H,8H2,1-5H3,(H,15,16). The second-order valence-corrected chi connectivity index (χ2v) is 6.70. The number of thiophene rings is 1. The molecule has 0 saturated heterocycles. The Kier molecular flexibility index (Phi) is 4.33. The summed E-state index contributed by atoms with van der Waals surface area (Å²) in [7, 11) is 2.08. The fourth-order valence-corrected chi connectivity index (χ4v) is 2.53. The minimum atomic E-state index is -0.840. The summed E-state index contributed by atoms with van der Waals surface area (Å²) >= 11 is 1.36. The molecule has 0 aliphatic rings. The molecule has 1 N–H and O–H groups in total. The highest BCUT2D eigenvalue weighted by atomic mass is 32.1. The van der Waals surface area contributed by atoms with Crippen LogP contribution in [0.2, 0.25) is 0 Å². The molecule has 1 atom stereocenters. The topological polar surface area (TPSA) is 40.5 Å². The summed E-state index contributed by atoms with van der Waals surface area (Å²) in [4.78, 5) is 14.6. The van der Waals surface area contributed by atoms with Crippen molar-refractivity contribution in [2.75, 3.05) is 7.05 Å². The molecule has 1 aromatic heterocycles. The van der Waals surface area contributed by atoms with E-state index in [1.165, 1.54) is 11.3 Å². The van der Waals surface area contributed by atoms with Crippen LogP contribution >= 0.6 is 11.3 Å². The van der Waals surface area contributed by atoms with Crippen LogP contribution in [0.5, 0.6) is 0 Å². The largest absolute Gasteiger partial charge is 0.477 e. The lowest BCUT2D eigenvalue weighted by Gasteiger charge is -2.35. The summed E-state index contributed by atoms with van der Waals surface area (Å²) in [6.07, 6.45) is 0. The van der Waals surface area contributed by atoms with Crippen LogP contribution in [0, 0.1) is 5.41 Å². The maximum absolute atomic E-state index is 10.8. The fourth-order valence-electron chi connectivity index (χ4n) is 1.62. The summed E-state index contributed by atoms with van der Waals surface area (Å²) in [5.41, 5.74) is 0.224. The zero-order valence-corrected chi connectivity index (χ0v) is 12.0. The van der Waals surface area contributed by atoms with E-state index in [9.17, 15) is 4.79 Å². The molecule has 1 unspecified atom stereocenters. The molecule has 0 radical (unpaired) electrons. The lowest BCUT2D eigenvalue weighted by molar-refractivity contribution is 0.0702. The number of nitrogens with zero attached hydrogens (tertiary/aromatic N) is 1. The maximum atomic E-state index is 10.8. The third-order valence-electron chi connectivity index (χ3n) is 3.19. The Bertz CT molecular complexity index is 392. The van der Waals surface area contributed by atoms with Crippen LogP contribution in [-0.2, 0) is 6.54 Å². The number of rotatable bonds is 4. The molecule has 0 saturated carbocycles. The van der Waals surface area contributed by atoms with Gasteiger partial charge >= 0.3 is 5.97 Å². The molecule has 0 bridgehead atoms. The van der Waals surface area contributed by atoms with Crippen molar-refractivity contribution in [2.24, 2.45) is 5.41 Å². The normalized spacial score (nSPS) is 14.0. The van der Waals surface area contributed by atoms with Crippen molar-refractivity contribution in [1.82, 2.24) is 4.90 Å². The third kappa shape index (κ3) is 3.82. The summed E-state index contributed by atoms with van der Waals surface area (Å²) in [5.74, 6) is -0.840. The smallest absolute Gasteiger partial charge is 0.345 e. The van der Waals surface area contributed by atoms with Gasteiger partial charge in [-0.15, -0.1) is 11.3 Å². The first-order chi connectivity index (χ1) is 7.71. The molecule has 3 nitrogen and oxygen atoms in total. The van der Waals surface area contributed by atoms with Crippen LogP contribution in [0.15, 0.2) is 12.1 Å². The van der Waals surface area contributed by atoms with Gasteiger partial charge in [-0.05, 0) is 31.5 Å². The number of carboxylic acid groups (broad SMARTS) is 1. The van der Waals surface area contributed by atoms with Crippen LogP contribution in [-0.4, -0.2) is 29.1 Å². The highest BCUT2D eigenvalue weighted by Crippen LogP contribution is 2.25. The average molecular weight is 255 g/mol. The van der Waals surface area contributed by atoms with Crippen LogP contribution < -0.4 is 0 Å². The van der Waals surface area contributed by atoms with Crippen LogP contribution in [0.1, 0.15) is 42.2 Å². The highest BCUT2D eigenvalue weighted by Gasteiger charge is 2.24. The number of carboxylic acids is 1. The Hall–Kier alpha value is -0.870. The van der Waals surface area contributed by atoms with E-state index in [0.29, 0.717) is 10.9 Å². The van der Waals surface area contributed by atoms with Gasteiger partial charge in [-0.1, -0.05) is 20.8 Å². The molecule has 1 rings (SSSR count). The minimum absolute atomic E-state index is 0.224. The van der Waals surface area contributed by atoms with Gasteiger partial charge in [0.05, 0.1) is 0 Å². The molecule has 4 heteroatoms. The van der Waals surface area contributed by atoms with Crippen molar-refractivity contribution in [2.45, 2.75) is 40.3 Å². The van der Waals surface area contributed by atoms with Crippen molar-refractivity contribution >= 4 is 17.3 Å². The molecule has 0 amide bonds. The lowest BCUT2D eigenvalue weighted by atomic mass is 9.87. The summed E-state index contributed by atoms with van der Waals surface area (Å²) in [6.45, 7) is 9.64. The molecule has 1 heterocycles.